The van der Waals surface area contributed by atoms with E-state index in [0.29, 0.717) is 36.5 Å². The lowest BCUT2D eigenvalue weighted by molar-refractivity contribution is -0.132. The van der Waals surface area contributed by atoms with Crippen LogP contribution in [0.25, 0.3) is 11.0 Å². The van der Waals surface area contributed by atoms with Crippen molar-refractivity contribution < 1.29 is 9.90 Å². The summed E-state index contributed by atoms with van der Waals surface area (Å²) in [5.74, 6) is 0.0624. The molecule has 0 atom stereocenters. The maximum atomic E-state index is 12.5. The van der Waals surface area contributed by atoms with Gasteiger partial charge in [0.2, 0.25) is 5.91 Å². The molecule has 3 rings (SSSR count). The molecule has 1 fully saturated rings. The van der Waals surface area contributed by atoms with E-state index in [1.165, 1.54) is 4.68 Å². The fourth-order valence-corrected chi connectivity index (χ4v) is 3.36. The Morgan fingerprint density at radius 1 is 1.42 bits per heavy atom. The van der Waals surface area contributed by atoms with Crippen molar-refractivity contribution in [1.29, 1.82) is 0 Å². The molecule has 7 nitrogen and oxygen atoms in total. The van der Waals surface area contributed by atoms with E-state index in [1.807, 2.05) is 13.8 Å². The zero-order valence-electron chi connectivity index (χ0n) is 14.4. The number of aliphatic hydroxyl groups is 1. The second-order valence-electron chi connectivity index (χ2n) is 6.54. The molecule has 0 radical (unpaired) electrons. The van der Waals surface area contributed by atoms with Crippen molar-refractivity contribution >= 4 is 16.9 Å². The highest BCUT2D eigenvalue weighted by atomic mass is 16.3. The van der Waals surface area contributed by atoms with Crippen LogP contribution in [0.4, 0.5) is 0 Å². The van der Waals surface area contributed by atoms with Gasteiger partial charge in [0.05, 0.1) is 12.0 Å². The fraction of sp³-hybridized carbons (Fsp3) is 0.588. The lowest BCUT2D eigenvalue weighted by Crippen LogP contribution is -2.35. The Kier molecular flexibility index (Phi) is 4.45. The predicted octanol–water partition coefficient (Wildman–Crippen LogP) is 0.794. The first-order valence-corrected chi connectivity index (χ1v) is 8.39. The fourth-order valence-electron chi connectivity index (χ4n) is 3.36. The van der Waals surface area contributed by atoms with Gasteiger partial charge in [-0.05, 0) is 44.2 Å². The Labute approximate surface area is 140 Å². The number of nitrogens with one attached hydrogen (secondary N) is 1. The summed E-state index contributed by atoms with van der Waals surface area (Å²) in [4.78, 5) is 31.0. The molecule has 130 valence electrons. The van der Waals surface area contributed by atoms with Crippen LogP contribution in [-0.4, -0.2) is 49.9 Å². The smallest absolute Gasteiger partial charge is 0.276 e. The van der Waals surface area contributed by atoms with Gasteiger partial charge in [0.25, 0.3) is 5.56 Å². The first-order valence-electron chi connectivity index (χ1n) is 8.39. The molecule has 7 heteroatoms. The van der Waals surface area contributed by atoms with Crippen LogP contribution in [0.15, 0.2) is 4.79 Å². The van der Waals surface area contributed by atoms with Crippen LogP contribution in [0.1, 0.15) is 36.1 Å². The van der Waals surface area contributed by atoms with Gasteiger partial charge in [-0.3, -0.25) is 19.4 Å². The van der Waals surface area contributed by atoms with Gasteiger partial charge < -0.3 is 10.0 Å². The summed E-state index contributed by atoms with van der Waals surface area (Å²) in [5, 5.41) is 12.7. The average molecular weight is 332 g/mol. The first kappa shape index (κ1) is 16.7. The Bertz CT molecular complexity index is 832. The van der Waals surface area contributed by atoms with Gasteiger partial charge in [-0.15, -0.1) is 0 Å². The van der Waals surface area contributed by atoms with Gasteiger partial charge >= 0.3 is 0 Å². The minimum absolute atomic E-state index is 0.00674. The SMILES string of the molecule is Cc1nc2[nH]n(C)c(=O)c2c(C)c1CCC(=O)N(CCO)C1CC1. The van der Waals surface area contributed by atoms with E-state index < -0.39 is 0 Å². The van der Waals surface area contributed by atoms with Gasteiger partial charge in [-0.2, -0.15) is 0 Å². The van der Waals surface area contributed by atoms with Crippen molar-refractivity contribution in [3.8, 4) is 0 Å². The minimum Gasteiger partial charge on any atom is -0.395 e. The summed E-state index contributed by atoms with van der Waals surface area (Å²) in [6, 6.07) is 0.296. The molecule has 2 aromatic heterocycles. The standard InChI is InChI=1S/C17H24N4O3/c1-10-13(6-7-14(23)21(8-9-22)12-4-5-12)11(2)18-16-15(10)17(24)20(3)19-16/h12,22H,4-9H2,1-3H3,(H,18,19). The molecule has 1 aliphatic rings. The molecule has 0 saturated heterocycles. The third-order valence-corrected chi connectivity index (χ3v) is 4.81. The van der Waals surface area contributed by atoms with Gasteiger partial charge in [0, 0.05) is 31.7 Å². The summed E-state index contributed by atoms with van der Waals surface area (Å²) in [7, 11) is 1.67. The number of carbonyl (C=O) groups excluding carboxylic acids is 1. The quantitative estimate of drug-likeness (QED) is 0.818. The molecule has 1 amide bonds. The number of aryl methyl sites for hydroxylation is 3. The average Bonchev–Trinajstić information content (AvgIpc) is 3.32. The number of fused-ring (bicyclic) bond motifs is 1. The Morgan fingerprint density at radius 3 is 2.75 bits per heavy atom. The van der Waals surface area contributed by atoms with E-state index >= 15 is 0 Å². The van der Waals surface area contributed by atoms with Crippen molar-refractivity contribution in [2.45, 2.75) is 45.6 Å². The summed E-state index contributed by atoms with van der Waals surface area (Å²) in [5.41, 5.74) is 3.20. The number of aromatic amines is 1. The summed E-state index contributed by atoms with van der Waals surface area (Å²) in [6.45, 7) is 4.21. The van der Waals surface area contributed by atoms with Crippen LogP contribution < -0.4 is 5.56 Å². The number of pyridine rings is 1. The molecular formula is C17H24N4O3. The third kappa shape index (κ3) is 2.96. The van der Waals surface area contributed by atoms with E-state index in [-0.39, 0.29) is 18.1 Å². The number of carbonyl (C=O) groups is 1. The number of aliphatic hydroxyl groups excluding tert-OH is 1. The minimum atomic E-state index is -0.0949. The lowest BCUT2D eigenvalue weighted by atomic mass is 10.00. The van der Waals surface area contributed by atoms with Gasteiger partial charge in [0.1, 0.15) is 0 Å². The van der Waals surface area contributed by atoms with Gasteiger partial charge in [-0.25, -0.2) is 4.98 Å². The lowest BCUT2D eigenvalue weighted by Gasteiger charge is -2.21. The highest BCUT2D eigenvalue weighted by Gasteiger charge is 2.31. The first-order chi connectivity index (χ1) is 11.4. The Hall–Kier alpha value is -2.15. The zero-order chi connectivity index (χ0) is 17.4. The number of aromatic nitrogens is 3. The maximum absolute atomic E-state index is 12.5. The molecule has 2 N–H and O–H groups in total. The van der Waals surface area contributed by atoms with Crippen LogP contribution in [0.3, 0.4) is 0 Å². The Balaban J connectivity index is 1.83. The molecule has 0 aliphatic heterocycles. The number of hydrogen-bond donors (Lipinski definition) is 2. The topological polar surface area (TPSA) is 91.2 Å². The van der Waals surface area contributed by atoms with Crippen LogP contribution in [0.2, 0.25) is 0 Å². The third-order valence-electron chi connectivity index (χ3n) is 4.81. The number of hydrogen-bond acceptors (Lipinski definition) is 4. The number of amides is 1. The summed E-state index contributed by atoms with van der Waals surface area (Å²) >= 11 is 0. The Morgan fingerprint density at radius 2 is 2.12 bits per heavy atom. The van der Waals surface area contributed by atoms with E-state index in [9.17, 15) is 9.59 Å². The zero-order valence-corrected chi connectivity index (χ0v) is 14.4. The number of H-pyrrole nitrogens is 1. The highest BCUT2D eigenvalue weighted by molar-refractivity contribution is 5.81. The molecule has 1 aliphatic carbocycles. The van der Waals surface area contributed by atoms with Crippen LogP contribution in [0, 0.1) is 13.8 Å². The predicted molar refractivity (Wildman–Crippen MR) is 91.0 cm³/mol. The van der Waals surface area contributed by atoms with Crippen molar-refractivity contribution in [1.82, 2.24) is 19.7 Å². The molecule has 1 saturated carbocycles. The molecule has 2 heterocycles. The summed E-state index contributed by atoms with van der Waals surface area (Å²) < 4.78 is 1.43. The van der Waals surface area contributed by atoms with Crippen molar-refractivity contribution in [2.24, 2.45) is 7.05 Å². The second-order valence-corrected chi connectivity index (χ2v) is 6.54. The monoisotopic (exact) mass is 332 g/mol. The van der Waals surface area contributed by atoms with Gasteiger partial charge in [0.15, 0.2) is 5.65 Å². The van der Waals surface area contributed by atoms with E-state index in [0.717, 1.165) is 29.7 Å². The van der Waals surface area contributed by atoms with Crippen molar-refractivity contribution in [3.05, 3.63) is 27.2 Å². The largest absolute Gasteiger partial charge is 0.395 e. The van der Waals surface area contributed by atoms with Crippen LogP contribution >= 0.6 is 0 Å². The van der Waals surface area contributed by atoms with Crippen LogP contribution in [-0.2, 0) is 18.3 Å². The van der Waals surface area contributed by atoms with E-state index in [4.69, 9.17) is 5.11 Å². The van der Waals surface area contributed by atoms with E-state index in [2.05, 4.69) is 10.1 Å². The van der Waals surface area contributed by atoms with E-state index in [1.54, 1.807) is 11.9 Å². The highest BCUT2D eigenvalue weighted by Crippen LogP contribution is 2.28. The molecule has 0 unspecified atom stereocenters. The maximum Gasteiger partial charge on any atom is 0.276 e. The molecule has 0 bridgehead atoms. The molecule has 0 spiro atoms. The number of nitrogens with zero attached hydrogens (tertiary/aromatic N) is 3. The number of rotatable bonds is 6. The molecule has 0 aromatic carbocycles. The molecule has 2 aromatic rings. The summed E-state index contributed by atoms with van der Waals surface area (Å²) in [6.07, 6.45) is 2.98. The molecular weight excluding hydrogens is 308 g/mol. The van der Waals surface area contributed by atoms with Gasteiger partial charge in [-0.1, -0.05) is 0 Å². The van der Waals surface area contributed by atoms with Crippen LogP contribution in [0.5, 0.6) is 0 Å². The normalized spacial score (nSPS) is 14.3. The second kappa shape index (κ2) is 6.39. The molecule has 24 heavy (non-hydrogen) atoms. The van der Waals surface area contributed by atoms with Crippen molar-refractivity contribution in [2.75, 3.05) is 13.2 Å². The van der Waals surface area contributed by atoms with Crippen molar-refractivity contribution in [3.63, 3.8) is 0 Å².